The van der Waals surface area contributed by atoms with Gasteiger partial charge in [-0.3, -0.25) is 4.57 Å². The van der Waals surface area contributed by atoms with Crippen molar-refractivity contribution in [3.8, 4) is 62.8 Å². The highest BCUT2D eigenvalue weighted by Crippen LogP contribution is 2.45. The van der Waals surface area contributed by atoms with E-state index in [1.54, 1.807) is 6.08 Å². The number of hydrogen-bond acceptors (Lipinski definition) is 1. The molecule has 0 atom stereocenters. The molecule has 0 saturated carbocycles. The molecule has 0 saturated heterocycles. The van der Waals surface area contributed by atoms with Crippen molar-refractivity contribution in [2.45, 2.75) is 6.92 Å². The Kier molecular flexibility index (Phi) is 7.80. The Morgan fingerprint density at radius 1 is 0.500 bits per heavy atom. The standard InChI is InChI=1S/C50H34N2/c1-3-4-23-47-34(2)52(50(51-47)38-18-9-6-10-19-38)42-29-26-36(27-30-42)40-28-31-45-46(33-40)48(37-16-7-5-8-17-37)43-21-13-14-22-44(43)49(45)41-25-24-35-15-11-12-20-39(35)32-41/h1,4-33H,2H3/b23-4-. The van der Waals surface area contributed by atoms with Crippen LogP contribution < -0.4 is 0 Å². The van der Waals surface area contributed by atoms with Crippen molar-refractivity contribution in [1.82, 2.24) is 9.55 Å². The lowest BCUT2D eigenvalue weighted by Crippen LogP contribution is -2.00. The maximum absolute atomic E-state index is 5.56. The Morgan fingerprint density at radius 2 is 1.08 bits per heavy atom. The Balaban J connectivity index is 1.23. The zero-order chi connectivity index (χ0) is 35.0. The van der Waals surface area contributed by atoms with E-state index in [1.165, 1.54) is 60.1 Å². The number of fused-ring (bicyclic) bond motifs is 3. The summed E-state index contributed by atoms with van der Waals surface area (Å²) < 4.78 is 2.21. The summed E-state index contributed by atoms with van der Waals surface area (Å²) in [6.45, 7) is 2.09. The van der Waals surface area contributed by atoms with Crippen LogP contribution in [-0.2, 0) is 0 Å². The second-order valence-electron chi connectivity index (χ2n) is 13.1. The first-order valence-corrected chi connectivity index (χ1v) is 17.6. The number of nitrogens with zero attached hydrogens (tertiary/aromatic N) is 2. The van der Waals surface area contributed by atoms with E-state index >= 15 is 0 Å². The molecular weight excluding hydrogens is 629 g/mol. The lowest BCUT2D eigenvalue weighted by atomic mass is 9.84. The molecule has 0 aliphatic heterocycles. The van der Waals surface area contributed by atoms with Gasteiger partial charge in [0.05, 0.1) is 5.69 Å². The topological polar surface area (TPSA) is 17.8 Å². The second-order valence-corrected chi connectivity index (χ2v) is 13.1. The van der Waals surface area contributed by atoms with E-state index in [2.05, 4.69) is 169 Å². The number of hydrogen-bond donors (Lipinski definition) is 0. The second kappa shape index (κ2) is 13.1. The maximum Gasteiger partial charge on any atom is 0.145 e. The van der Waals surface area contributed by atoms with Crippen molar-refractivity contribution in [2.24, 2.45) is 0 Å². The SMILES string of the molecule is C#C/C=C\c1nc(-c2ccccc2)n(-c2ccc(-c3ccc4c(-c5ccc6ccccc6c5)c5ccccc5c(-c5ccccc5)c4c3)cc2)c1C. The fourth-order valence-corrected chi connectivity index (χ4v) is 7.63. The number of imidazole rings is 1. The highest BCUT2D eigenvalue weighted by molar-refractivity contribution is 6.22. The summed E-state index contributed by atoms with van der Waals surface area (Å²) in [5, 5.41) is 7.45. The molecule has 0 aliphatic rings. The average molecular weight is 663 g/mol. The van der Waals surface area contributed by atoms with E-state index in [0.717, 1.165) is 34.0 Å². The summed E-state index contributed by atoms with van der Waals surface area (Å²) in [7, 11) is 0. The van der Waals surface area contributed by atoms with Gasteiger partial charge in [-0.25, -0.2) is 4.98 Å². The van der Waals surface area contributed by atoms with Crippen LogP contribution in [0.1, 0.15) is 11.4 Å². The molecule has 0 unspecified atom stereocenters. The minimum Gasteiger partial charge on any atom is -0.296 e. The van der Waals surface area contributed by atoms with Crippen molar-refractivity contribution < 1.29 is 0 Å². The zero-order valence-electron chi connectivity index (χ0n) is 28.8. The minimum atomic E-state index is 0.860. The first kappa shape index (κ1) is 31.1. The monoisotopic (exact) mass is 662 g/mol. The van der Waals surface area contributed by atoms with Crippen LogP contribution in [0.5, 0.6) is 0 Å². The molecule has 0 fully saturated rings. The van der Waals surface area contributed by atoms with E-state index in [9.17, 15) is 0 Å². The Labute approximate surface area is 304 Å². The molecule has 0 bridgehead atoms. The summed E-state index contributed by atoms with van der Waals surface area (Å²) in [5.74, 6) is 3.49. The van der Waals surface area contributed by atoms with Crippen LogP contribution in [-0.4, -0.2) is 9.55 Å². The molecule has 0 N–H and O–H groups in total. The number of allylic oxidation sites excluding steroid dienone is 1. The Hall–Kier alpha value is -6.95. The Bertz CT molecular complexity index is 2830. The van der Waals surface area contributed by atoms with Crippen molar-refractivity contribution in [1.29, 1.82) is 0 Å². The fourth-order valence-electron chi connectivity index (χ4n) is 7.63. The van der Waals surface area contributed by atoms with Crippen LogP contribution in [0.25, 0.3) is 88.8 Å². The largest absolute Gasteiger partial charge is 0.296 e. The third-order valence-corrected chi connectivity index (χ3v) is 10.1. The molecule has 244 valence electrons. The molecule has 9 aromatic rings. The zero-order valence-corrected chi connectivity index (χ0v) is 28.8. The molecule has 2 heteroatoms. The van der Waals surface area contributed by atoms with Gasteiger partial charge in [0.25, 0.3) is 0 Å². The molecule has 0 aliphatic carbocycles. The van der Waals surface area contributed by atoms with Crippen molar-refractivity contribution in [3.05, 3.63) is 187 Å². The van der Waals surface area contributed by atoms with Crippen LogP contribution >= 0.6 is 0 Å². The van der Waals surface area contributed by atoms with Gasteiger partial charge in [-0.2, -0.15) is 0 Å². The molecule has 1 heterocycles. The van der Waals surface area contributed by atoms with Crippen LogP contribution in [0, 0.1) is 19.3 Å². The molecule has 52 heavy (non-hydrogen) atoms. The predicted octanol–water partition coefficient (Wildman–Crippen LogP) is 13.0. The van der Waals surface area contributed by atoms with Gasteiger partial charge in [-0.05, 0) is 109 Å². The highest BCUT2D eigenvalue weighted by atomic mass is 15.1. The van der Waals surface area contributed by atoms with E-state index in [0.29, 0.717) is 0 Å². The number of benzene rings is 8. The van der Waals surface area contributed by atoms with Crippen LogP contribution in [0.4, 0.5) is 0 Å². The first-order valence-electron chi connectivity index (χ1n) is 17.6. The molecule has 0 spiro atoms. The van der Waals surface area contributed by atoms with Crippen molar-refractivity contribution in [3.63, 3.8) is 0 Å². The highest BCUT2D eigenvalue weighted by Gasteiger charge is 2.19. The van der Waals surface area contributed by atoms with Gasteiger partial charge in [0.15, 0.2) is 0 Å². The molecule has 8 aromatic carbocycles. The summed E-state index contributed by atoms with van der Waals surface area (Å²) in [4.78, 5) is 5.00. The quantitative estimate of drug-likeness (QED) is 0.128. The average Bonchev–Trinajstić information content (AvgIpc) is 3.54. The van der Waals surface area contributed by atoms with E-state index in [-0.39, 0.29) is 0 Å². The minimum absolute atomic E-state index is 0.860. The summed E-state index contributed by atoms with van der Waals surface area (Å²) in [6, 6.07) is 61.2. The lowest BCUT2D eigenvalue weighted by molar-refractivity contribution is 1.01. The summed E-state index contributed by atoms with van der Waals surface area (Å²) in [5.41, 5.74) is 11.2. The molecule has 0 amide bonds. The van der Waals surface area contributed by atoms with Crippen molar-refractivity contribution >= 4 is 38.4 Å². The van der Waals surface area contributed by atoms with Crippen LogP contribution in [0.2, 0.25) is 0 Å². The summed E-state index contributed by atoms with van der Waals surface area (Å²) >= 11 is 0. The van der Waals surface area contributed by atoms with E-state index < -0.39 is 0 Å². The summed E-state index contributed by atoms with van der Waals surface area (Å²) in [6.07, 6.45) is 9.16. The first-order chi connectivity index (χ1) is 25.7. The predicted molar refractivity (Wildman–Crippen MR) is 220 cm³/mol. The van der Waals surface area contributed by atoms with Gasteiger partial charge >= 0.3 is 0 Å². The van der Waals surface area contributed by atoms with Gasteiger partial charge < -0.3 is 0 Å². The maximum atomic E-state index is 5.56. The van der Waals surface area contributed by atoms with Crippen LogP contribution in [0.15, 0.2) is 176 Å². The van der Waals surface area contributed by atoms with Gasteiger partial charge in [0.2, 0.25) is 0 Å². The van der Waals surface area contributed by atoms with E-state index in [1.807, 2.05) is 24.3 Å². The van der Waals surface area contributed by atoms with Gasteiger partial charge in [-0.15, -0.1) is 6.42 Å². The Morgan fingerprint density at radius 3 is 1.79 bits per heavy atom. The molecule has 9 rings (SSSR count). The van der Waals surface area contributed by atoms with Crippen LogP contribution in [0.3, 0.4) is 0 Å². The lowest BCUT2D eigenvalue weighted by Gasteiger charge is -2.19. The number of rotatable bonds is 6. The van der Waals surface area contributed by atoms with E-state index in [4.69, 9.17) is 11.4 Å². The third kappa shape index (κ3) is 5.37. The molecule has 0 radical (unpaired) electrons. The number of aromatic nitrogens is 2. The molecule has 1 aromatic heterocycles. The molecule has 2 nitrogen and oxygen atoms in total. The van der Waals surface area contributed by atoms with Crippen molar-refractivity contribution in [2.75, 3.05) is 0 Å². The smallest absolute Gasteiger partial charge is 0.145 e. The normalized spacial score (nSPS) is 11.5. The van der Waals surface area contributed by atoms with Gasteiger partial charge in [-0.1, -0.05) is 152 Å². The fraction of sp³-hybridized carbons (Fsp3) is 0.0200. The number of terminal acetylenes is 1. The van der Waals surface area contributed by atoms with Gasteiger partial charge in [0, 0.05) is 16.9 Å². The van der Waals surface area contributed by atoms with Gasteiger partial charge in [0.1, 0.15) is 5.82 Å². The third-order valence-electron chi connectivity index (χ3n) is 10.1. The molecular formula is C50H34N2.